The van der Waals surface area contributed by atoms with E-state index in [1.54, 1.807) is 12.1 Å². The van der Waals surface area contributed by atoms with E-state index in [0.29, 0.717) is 16.6 Å². The fourth-order valence-corrected chi connectivity index (χ4v) is 2.80. The second-order valence-corrected chi connectivity index (χ2v) is 5.65. The highest BCUT2D eigenvalue weighted by Crippen LogP contribution is 2.24. The zero-order chi connectivity index (χ0) is 12.8. The second kappa shape index (κ2) is 6.98. The van der Waals surface area contributed by atoms with Crippen molar-refractivity contribution in [2.24, 2.45) is 5.92 Å². The first-order valence-corrected chi connectivity index (χ1v) is 7.32. The highest BCUT2D eigenvalue weighted by Gasteiger charge is 2.12. The number of hydrogen-bond acceptors (Lipinski definition) is 1. The lowest BCUT2D eigenvalue weighted by Crippen LogP contribution is -2.16. The molecule has 1 N–H and O–H groups in total. The Labute approximate surface area is 114 Å². The van der Waals surface area contributed by atoms with E-state index in [4.69, 9.17) is 11.6 Å². The molecule has 0 unspecified atom stereocenters. The first-order valence-electron chi connectivity index (χ1n) is 6.94. The van der Waals surface area contributed by atoms with Crippen molar-refractivity contribution in [2.45, 2.75) is 44.9 Å². The van der Waals surface area contributed by atoms with Gasteiger partial charge in [0, 0.05) is 11.6 Å². The van der Waals surface area contributed by atoms with Crippen molar-refractivity contribution in [2.75, 3.05) is 11.9 Å². The Kier molecular flexibility index (Phi) is 5.30. The molecule has 0 aliphatic heterocycles. The minimum absolute atomic E-state index is 0.217. The highest BCUT2D eigenvalue weighted by molar-refractivity contribution is 6.30. The lowest BCUT2D eigenvalue weighted by Gasteiger charge is -2.20. The molecule has 0 bridgehead atoms. The van der Waals surface area contributed by atoms with E-state index in [2.05, 4.69) is 5.32 Å². The number of hydrogen-bond donors (Lipinski definition) is 1. The predicted octanol–water partition coefficient (Wildman–Crippen LogP) is 5.25. The summed E-state index contributed by atoms with van der Waals surface area (Å²) in [5.74, 6) is 0.453. The van der Waals surface area contributed by atoms with Crippen LogP contribution in [0.5, 0.6) is 0 Å². The van der Waals surface area contributed by atoms with Crippen LogP contribution in [-0.2, 0) is 0 Å². The third-order valence-electron chi connectivity index (χ3n) is 3.73. The van der Waals surface area contributed by atoms with Crippen LogP contribution in [0.3, 0.4) is 0 Å². The molecule has 1 fully saturated rings. The highest BCUT2D eigenvalue weighted by atomic mass is 35.5. The van der Waals surface area contributed by atoms with Crippen LogP contribution in [0.2, 0.25) is 5.02 Å². The molecule has 18 heavy (non-hydrogen) atoms. The topological polar surface area (TPSA) is 12.0 Å². The van der Waals surface area contributed by atoms with Crippen LogP contribution < -0.4 is 5.32 Å². The van der Waals surface area contributed by atoms with Crippen molar-refractivity contribution in [1.82, 2.24) is 0 Å². The molecule has 0 spiro atoms. The number of nitrogens with one attached hydrogen (secondary N) is 1. The van der Waals surface area contributed by atoms with Gasteiger partial charge in [-0.1, -0.05) is 43.7 Å². The molecule has 1 aromatic rings. The van der Waals surface area contributed by atoms with E-state index in [-0.39, 0.29) is 5.82 Å². The van der Waals surface area contributed by atoms with Gasteiger partial charge in [0.25, 0.3) is 0 Å². The Morgan fingerprint density at radius 1 is 1.11 bits per heavy atom. The van der Waals surface area contributed by atoms with Crippen LogP contribution in [-0.4, -0.2) is 6.54 Å². The van der Waals surface area contributed by atoms with Crippen molar-refractivity contribution >= 4 is 17.3 Å². The van der Waals surface area contributed by atoms with Gasteiger partial charge in [0.1, 0.15) is 5.82 Å². The molecule has 1 aromatic carbocycles. The minimum atomic E-state index is -0.217. The Morgan fingerprint density at radius 3 is 2.50 bits per heavy atom. The molecule has 0 aromatic heterocycles. The first kappa shape index (κ1) is 13.7. The minimum Gasteiger partial charge on any atom is -0.382 e. The average Bonchev–Trinajstić information content (AvgIpc) is 2.32. The maximum atomic E-state index is 13.5. The molecule has 0 radical (unpaired) electrons. The summed E-state index contributed by atoms with van der Waals surface area (Å²) in [6, 6.07) is 4.67. The van der Waals surface area contributed by atoms with Crippen molar-refractivity contribution in [3.05, 3.63) is 29.0 Å². The molecular formula is C15H21ClFN. The van der Waals surface area contributed by atoms with Crippen LogP contribution in [0.25, 0.3) is 0 Å². The van der Waals surface area contributed by atoms with Gasteiger partial charge in [0.15, 0.2) is 0 Å². The summed E-state index contributed by atoms with van der Waals surface area (Å²) in [7, 11) is 0. The lowest BCUT2D eigenvalue weighted by molar-refractivity contribution is 0.392. The normalized spacial score (nSPS) is 18.1. The summed E-state index contributed by atoms with van der Waals surface area (Å²) in [6.45, 7) is 0.858. The molecule has 1 nitrogen and oxygen atoms in total. The molecule has 1 aliphatic rings. The van der Waals surface area contributed by atoms with Gasteiger partial charge in [-0.15, -0.1) is 0 Å². The standard InChI is InChI=1S/C15H21ClFN/c16-13-8-9-14(17)15(10-13)18-11-12-6-4-2-1-3-5-7-12/h8-10,12,18H,1-7,11H2. The lowest BCUT2D eigenvalue weighted by atomic mass is 9.91. The van der Waals surface area contributed by atoms with Gasteiger partial charge in [0.2, 0.25) is 0 Å². The fourth-order valence-electron chi connectivity index (χ4n) is 2.63. The van der Waals surface area contributed by atoms with Crippen LogP contribution in [0.15, 0.2) is 18.2 Å². The quantitative estimate of drug-likeness (QED) is 0.790. The molecule has 0 amide bonds. The molecule has 100 valence electrons. The Morgan fingerprint density at radius 2 is 1.78 bits per heavy atom. The number of benzene rings is 1. The van der Waals surface area contributed by atoms with Crippen molar-refractivity contribution in [1.29, 1.82) is 0 Å². The van der Waals surface area contributed by atoms with Gasteiger partial charge in [-0.25, -0.2) is 4.39 Å². The van der Waals surface area contributed by atoms with E-state index in [9.17, 15) is 4.39 Å². The summed E-state index contributed by atoms with van der Waals surface area (Å²) < 4.78 is 13.5. The largest absolute Gasteiger partial charge is 0.382 e. The van der Waals surface area contributed by atoms with E-state index in [1.165, 1.54) is 51.0 Å². The SMILES string of the molecule is Fc1ccc(Cl)cc1NCC1CCCCCCC1. The Balaban J connectivity index is 1.87. The van der Waals surface area contributed by atoms with Crippen molar-refractivity contribution in [3.63, 3.8) is 0 Å². The maximum Gasteiger partial charge on any atom is 0.146 e. The smallest absolute Gasteiger partial charge is 0.146 e. The van der Waals surface area contributed by atoms with E-state index in [0.717, 1.165) is 6.54 Å². The Hall–Kier alpha value is -0.760. The summed E-state index contributed by atoms with van der Waals surface area (Å²) in [5, 5.41) is 3.79. The van der Waals surface area contributed by atoms with Crippen LogP contribution >= 0.6 is 11.6 Å². The molecular weight excluding hydrogens is 249 g/mol. The monoisotopic (exact) mass is 269 g/mol. The van der Waals surface area contributed by atoms with Gasteiger partial charge < -0.3 is 5.32 Å². The van der Waals surface area contributed by atoms with Gasteiger partial charge >= 0.3 is 0 Å². The van der Waals surface area contributed by atoms with Gasteiger partial charge in [0.05, 0.1) is 5.69 Å². The van der Waals surface area contributed by atoms with Crippen molar-refractivity contribution in [3.8, 4) is 0 Å². The molecule has 1 saturated carbocycles. The first-order chi connectivity index (χ1) is 8.75. The zero-order valence-electron chi connectivity index (χ0n) is 10.7. The number of halogens is 2. The molecule has 0 atom stereocenters. The molecule has 1 aliphatic carbocycles. The second-order valence-electron chi connectivity index (χ2n) is 5.22. The van der Waals surface area contributed by atoms with Crippen molar-refractivity contribution < 1.29 is 4.39 Å². The number of rotatable bonds is 3. The van der Waals surface area contributed by atoms with Gasteiger partial charge in [-0.3, -0.25) is 0 Å². The Bertz CT molecular complexity index is 373. The van der Waals surface area contributed by atoms with Gasteiger partial charge in [-0.2, -0.15) is 0 Å². The van der Waals surface area contributed by atoms with Crippen LogP contribution in [0, 0.1) is 11.7 Å². The molecule has 0 saturated heterocycles. The van der Waals surface area contributed by atoms with Gasteiger partial charge in [-0.05, 0) is 37.0 Å². The van der Waals surface area contributed by atoms with E-state index in [1.807, 2.05) is 0 Å². The fraction of sp³-hybridized carbons (Fsp3) is 0.600. The van der Waals surface area contributed by atoms with E-state index >= 15 is 0 Å². The third kappa shape index (κ3) is 4.16. The van der Waals surface area contributed by atoms with Crippen LogP contribution in [0.4, 0.5) is 10.1 Å². The average molecular weight is 270 g/mol. The predicted molar refractivity (Wildman–Crippen MR) is 75.7 cm³/mol. The zero-order valence-corrected chi connectivity index (χ0v) is 11.5. The summed E-state index contributed by atoms with van der Waals surface area (Å²) in [6.07, 6.45) is 9.21. The molecule has 3 heteroatoms. The number of anilines is 1. The maximum absolute atomic E-state index is 13.5. The summed E-state index contributed by atoms with van der Waals surface area (Å²) in [5.41, 5.74) is 0.532. The molecule has 0 heterocycles. The third-order valence-corrected chi connectivity index (χ3v) is 3.97. The van der Waals surface area contributed by atoms with Crippen LogP contribution in [0.1, 0.15) is 44.9 Å². The molecule has 2 rings (SSSR count). The summed E-state index contributed by atoms with van der Waals surface area (Å²) in [4.78, 5) is 0. The van der Waals surface area contributed by atoms with E-state index < -0.39 is 0 Å². The summed E-state index contributed by atoms with van der Waals surface area (Å²) >= 11 is 5.88.